The number of rotatable bonds is 4. The summed E-state index contributed by atoms with van der Waals surface area (Å²) in [5.41, 5.74) is 0.515. The maximum Gasteiger partial charge on any atom is 0.412 e. The van der Waals surface area contributed by atoms with Crippen molar-refractivity contribution in [1.29, 1.82) is 5.26 Å². The van der Waals surface area contributed by atoms with Crippen molar-refractivity contribution in [3.63, 3.8) is 0 Å². The molecule has 0 fully saturated rings. The number of ether oxygens (including phenoxy) is 1. The third kappa shape index (κ3) is 5.47. The molecule has 1 aromatic carbocycles. The predicted octanol–water partition coefficient (Wildman–Crippen LogP) is 3.18. The number of hydrogen-bond donors (Lipinski definition) is 3. The number of allylic oxidation sites excluding steroid dienone is 1. The average Bonchev–Trinajstić information content (AvgIpc) is 3.03. The first-order chi connectivity index (χ1) is 11.8. The first kappa shape index (κ1) is 18.2. The van der Waals surface area contributed by atoms with Gasteiger partial charge >= 0.3 is 6.09 Å². The minimum absolute atomic E-state index is 0.147. The van der Waals surface area contributed by atoms with E-state index in [4.69, 9.17) is 21.6 Å². The molecule has 10 heteroatoms. The number of aromatic amines is 1. The van der Waals surface area contributed by atoms with Crippen molar-refractivity contribution >= 4 is 34.6 Å². The van der Waals surface area contributed by atoms with Gasteiger partial charge in [-0.05, 0) is 44.2 Å². The topological polar surface area (TPSA) is 129 Å². The van der Waals surface area contributed by atoms with Crippen molar-refractivity contribution in [1.82, 2.24) is 20.6 Å². The van der Waals surface area contributed by atoms with Crippen LogP contribution in [0.3, 0.4) is 0 Å². The molecule has 1 heterocycles. The quantitative estimate of drug-likeness (QED) is 0.713. The summed E-state index contributed by atoms with van der Waals surface area (Å²) in [6, 6.07) is 6.79. The van der Waals surface area contributed by atoms with E-state index in [1.165, 1.54) is 6.20 Å². The summed E-state index contributed by atoms with van der Waals surface area (Å²) in [7, 11) is 0. The Morgan fingerprint density at radius 1 is 1.44 bits per heavy atom. The fourth-order valence-electron chi connectivity index (χ4n) is 1.71. The van der Waals surface area contributed by atoms with E-state index < -0.39 is 11.7 Å². The highest BCUT2D eigenvalue weighted by molar-refractivity contribution is 6.33. The maximum atomic E-state index is 11.8. The number of hydrogen-bond acceptors (Lipinski definition) is 7. The van der Waals surface area contributed by atoms with E-state index in [0.717, 1.165) is 0 Å². The molecule has 0 saturated heterocycles. The van der Waals surface area contributed by atoms with Gasteiger partial charge in [0.05, 0.1) is 10.7 Å². The lowest BCUT2D eigenvalue weighted by Gasteiger charge is -2.20. The molecule has 0 aliphatic carbocycles. The van der Waals surface area contributed by atoms with E-state index in [2.05, 4.69) is 31.3 Å². The molecule has 0 atom stereocenters. The summed E-state index contributed by atoms with van der Waals surface area (Å²) in [5.74, 6) is 0.147. The Balaban J connectivity index is 2.14. The van der Waals surface area contributed by atoms with E-state index in [9.17, 15) is 4.79 Å². The largest absolute Gasteiger partial charge is 0.444 e. The van der Waals surface area contributed by atoms with Gasteiger partial charge in [-0.2, -0.15) is 10.5 Å². The van der Waals surface area contributed by atoms with Crippen LogP contribution in [0.15, 0.2) is 24.4 Å². The number of H-pyrrole nitrogens is 1. The molecule has 0 saturated carbocycles. The summed E-state index contributed by atoms with van der Waals surface area (Å²) in [6.07, 6.45) is 0.810. The molecule has 0 bridgehead atoms. The molecule has 0 spiro atoms. The van der Waals surface area contributed by atoms with Crippen LogP contribution in [0.25, 0.3) is 5.57 Å². The molecular weight excluding hydrogens is 346 g/mol. The third-order valence-electron chi connectivity index (χ3n) is 2.69. The zero-order chi connectivity index (χ0) is 18.4. The number of nitrogens with one attached hydrogen (secondary N) is 3. The lowest BCUT2D eigenvalue weighted by Crippen LogP contribution is -2.27. The number of benzene rings is 1. The number of halogens is 1. The van der Waals surface area contributed by atoms with Crippen LogP contribution in [0, 0.1) is 11.3 Å². The Bertz CT molecular complexity index is 819. The number of carbonyl (C=O) groups is 1. The molecule has 9 nitrogen and oxygen atoms in total. The third-order valence-corrected chi connectivity index (χ3v) is 3.02. The van der Waals surface area contributed by atoms with Crippen LogP contribution >= 0.6 is 11.6 Å². The number of nitriles is 1. The number of amides is 1. The first-order valence-electron chi connectivity index (χ1n) is 7.18. The molecule has 1 amide bonds. The lowest BCUT2D eigenvalue weighted by molar-refractivity contribution is 0.0636. The van der Waals surface area contributed by atoms with Gasteiger partial charge in [-0.1, -0.05) is 11.6 Å². The fourth-order valence-corrected chi connectivity index (χ4v) is 1.88. The van der Waals surface area contributed by atoms with Gasteiger partial charge in [0, 0.05) is 11.9 Å². The van der Waals surface area contributed by atoms with E-state index in [0.29, 0.717) is 16.4 Å². The summed E-state index contributed by atoms with van der Waals surface area (Å²) >= 11 is 6.12. The van der Waals surface area contributed by atoms with Gasteiger partial charge in [-0.3, -0.25) is 5.32 Å². The molecular formula is C15H16ClN7O2. The SMILES string of the molecule is CC(C)(C)OC(=O)Nc1ccc(Cl)c(NC=C(C#N)c2nn[nH]n2)c1. The van der Waals surface area contributed by atoms with Crippen LogP contribution in [0.1, 0.15) is 26.6 Å². The molecule has 2 rings (SSSR count). The van der Waals surface area contributed by atoms with Crippen molar-refractivity contribution in [2.75, 3.05) is 10.6 Å². The predicted molar refractivity (Wildman–Crippen MR) is 92.7 cm³/mol. The highest BCUT2D eigenvalue weighted by Gasteiger charge is 2.16. The van der Waals surface area contributed by atoms with Gasteiger partial charge in [0.2, 0.25) is 5.82 Å². The highest BCUT2D eigenvalue weighted by atomic mass is 35.5. The number of anilines is 2. The van der Waals surface area contributed by atoms with Crippen molar-refractivity contribution in [2.45, 2.75) is 26.4 Å². The molecule has 0 radical (unpaired) electrons. The Morgan fingerprint density at radius 3 is 2.80 bits per heavy atom. The molecule has 0 aliphatic heterocycles. The number of aromatic nitrogens is 4. The van der Waals surface area contributed by atoms with Crippen LogP contribution in [0.2, 0.25) is 5.02 Å². The first-order valence-corrected chi connectivity index (χ1v) is 7.56. The summed E-state index contributed by atoms with van der Waals surface area (Å²) in [6.45, 7) is 5.31. The molecule has 130 valence electrons. The Labute approximate surface area is 149 Å². The normalized spacial score (nSPS) is 11.6. The van der Waals surface area contributed by atoms with Crippen LogP contribution in [-0.4, -0.2) is 32.3 Å². The number of nitrogens with zero attached hydrogens (tertiary/aromatic N) is 4. The van der Waals surface area contributed by atoms with Gasteiger partial charge in [0.1, 0.15) is 17.2 Å². The second-order valence-electron chi connectivity index (χ2n) is 5.87. The number of tetrazole rings is 1. The molecule has 3 N–H and O–H groups in total. The average molecular weight is 362 g/mol. The van der Waals surface area contributed by atoms with Gasteiger partial charge in [0.25, 0.3) is 0 Å². The Kier molecular flexibility index (Phi) is 5.56. The van der Waals surface area contributed by atoms with Crippen LogP contribution in [0.5, 0.6) is 0 Å². The van der Waals surface area contributed by atoms with Crippen LogP contribution in [-0.2, 0) is 4.74 Å². The number of carbonyl (C=O) groups excluding carboxylic acids is 1. The van der Waals surface area contributed by atoms with E-state index in [1.807, 2.05) is 6.07 Å². The highest BCUT2D eigenvalue weighted by Crippen LogP contribution is 2.26. The van der Waals surface area contributed by atoms with Gasteiger partial charge < -0.3 is 10.1 Å². The smallest absolute Gasteiger partial charge is 0.412 e. The monoisotopic (exact) mass is 361 g/mol. The molecule has 2 aromatic rings. The molecule has 0 aliphatic rings. The fraction of sp³-hybridized carbons (Fsp3) is 0.267. The van der Waals surface area contributed by atoms with Crippen molar-refractivity contribution in [3.8, 4) is 6.07 Å². The Morgan fingerprint density at radius 2 is 2.20 bits per heavy atom. The minimum Gasteiger partial charge on any atom is -0.444 e. The van der Waals surface area contributed by atoms with Gasteiger partial charge in [-0.15, -0.1) is 10.2 Å². The second kappa shape index (κ2) is 7.63. The van der Waals surface area contributed by atoms with E-state index >= 15 is 0 Å². The van der Waals surface area contributed by atoms with Crippen molar-refractivity contribution < 1.29 is 9.53 Å². The van der Waals surface area contributed by atoms with Crippen LogP contribution in [0.4, 0.5) is 16.2 Å². The van der Waals surface area contributed by atoms with E-state index in [1.54, 1.807) is 39.0 Å². The second-order valence-corrected chi connectivity index (χ2v) is 6.28. The van der Waals surface area contributed by atoms with Crippen molar-refractivity contribution in [3.05, 3.63) is 35.2 Å². The molecule has 0 unspecified atom stereocenters. The summed E-state index contributed by atoms with van der Waals surface area (Å²) in [5, 5.41) is 28.2. The van der Waals surface area contributed by atoms with Crippen LogP contribution < -0.4 is 10.6 Å². The zero-order valence-corrected chi connectivity index (χ0v) is 14.5. The standard InChI is InChI=1S/C15H16ClN7O2/c1-15(2,3)25-14(24)19-10-4-5-11(16)12(6-10)18-8-9(7-17)13-20-22-23-21-13/h4-6,8,18H,1-3H3,(H,19,24)(H,20,21,22,23). The zero-order valence-electron chi connectivity index (χ0n) is 13.8. The molecule has 25 heavy (non-hydrogen) atoms. The molecule has 1 aromatic heterocycles. The lowest BCUT2D eigenvalue weighted by atomic mass is 10.2. The van der Waals surface area contributed by atoms with Gasteiger partial charge in [0.15, 0.2) is 0 Å². The summed E-state index contributed by atoms with van der Waals surface area (Å²) < 4.78 is 5.19. The Hall–Kier alpha value is -3.12. The van der Waals surface area contributed by atoms with Gasteiger partial charge in [-0.25, -0.2) is 4.79 Å². The maximum absolute atomic E-state index is 11.8. The van der Waals surface area contributed by atoms with Crippen molar-refractivity contribution in [2.24, 2.45) is 0 Å². The van der Waals surface area contributed by atoms with E-state index in [-0.39, 0.29) is 11.4 Å². The summed E-state index contributed by atoms with van der Waals surface area (Å²) in [4.78, 5) is 11.8. The minimum atomic E-state index is -0.605.